The van der Waals surface area contributed by atoms with Crippen LogP contribution in [-0.4, -0.2) is 62.6 Å². The molecule has 0 unspecified atom stereocenters. The second-order valence-electron chi connectivity index (χ2n) is 8.33. The van der Waals surface area contributed by atoms with Gasteiger partial charge >= 0.3 is 0 Å². The van der Waals surface area contributed by atoms with Crippen LogP contribution in [0, 0.1) is 5.82 Å². The number of rotatable bonds is 4. The SMILES string of the molecule is CCn1ncc2c(C(=O)N3CCN(C(=O)c4ccc(F)cc4Cl)CC3)cc(-c3ccccc3)nc21. The van der Waals surface area contributed by atoms with Crippen molar-refractivity contribution in [3.8, 4) is 11.3 Å². The van der Waals surface area contributed by atoms with Crippen LogP contribution < -0.4 is 0 Å². The van der Waals surface area contributed by atoms with Crippen molar-refractivity contribution in [2.45, 2.75) is 13.5 Å². The molecule has 1 aliphatic rings. The molecule has 0 radical (unpaired) electrons. The Morgan fingerprint density at radius 3 is 2.23 bits per heavy atom. The van der Waals surface area contributed by atoms with Crippen molar-refractivity contribution in [3.05, 3.63) is 82.8 Å². The first-order valence-electron chi connectivity index (χ1n) is 11.4. The number of piperazine rings is 1. The highest BCUT2D eigenvalue weighted by Crippen LogP contribution is 2.27. The van der Waals surface area contributed by atoms with Gasteiger partial charge in [-0.1, -0.05) is 41.9 Å². The standard InChI is InChI=1S/C26H23ClFN5O2/c1-2-33-24-21(16-29-33)20(15-23(30-24)17-6-4-3-5-7-17)26(35)32-12-10-31(11-13-32)25(34)19-9-8-18(28)14-22(19)27/h3-9,14-16H,2,10-13H2,1H3. The van der Waals surface area contributed by atoms with Gasteiger partial charge in [0.1, 0.15) is 5.82 Å². The second-order valence-corrected chi connectivity index (χ2v) is 8.73. The van der Waals surface area contributed by atoms with Gasteiger partial charge < -0.3 is 9.80 Å². The number of carbonyl (C=O) groups is 2. The maximum Gasteiger partial charge on any atom is 0.255 e. The molecule has 1 fully saturated rings. The number of nitrogens with zero attached hydrogens (tertiary/aromatic N) is 5. The number of hydrogen-bond donors (Lipinski definition) is 0. The molecule has 2 aromatic carbocycles. The summed E-state index contributed by atoms with van der Waals surface area (Å²) >= 11 is 6.07. The number of pyridine rings is 1. The van der Waals surface area contributed by atoms with Crippen molar-refractivity contribution in [1.29, 1.82) is 0 Å². The Morgan fingerprint density at radius 1 is 0.943 bits per heavy atom. The average Bonchev–Trinajstić information content (AvgIpc) is 3.31. The number of benzene rings is 2. The van der Waals surface area contributed by atoms with Crippen LogP contribution >= 0.6 is 11.6 Å². The van der Waals surface area contributed by atoms with Crippen molar-refractivity contribution < 1.29 is 14.0 Å². The van der Waals surface area contributed by atoms with Crippen molar-refractivity contribution in [3.63, 3.8) is 0 Å². The lowest BCUT2D eigenvalue weighted by Crippen LogP contribution is -2.50. The molecule has 0 atom stereocenters. The smallest absolute Gasteiger partial charge is 0.255 e. The maximum atomic E-state index is 13.6. The number of fused-ring (bicyclic) bond motifs is 1. The number of carbonyl (C=O) groups excluding carboxylic acids is 2. The highest BCUT2D eigenvalue weighted by atomic mass is 35.5. The summed E-state index contributed by atoms with van der Waals surface area (Å²) in [5, 5.41) is 5.19. The van der Waals surface area contributed by atoms with Crippen molar-refractivity contribution in [2.75, 3.05) is 26.2 Å². The summed E-state index contributed by atoms with van der Waals surface area (Å²) in [6, 6.07) is 15.3. The summed E-state index contributed by atoms with van der Waals surface area (Å²) in [5.74, 6) is -0.895. The summed E-state index contributed by atoms with van der Waals surface area (Å²) < 4.78 is 15.1. The van der Waals surface area contributed by atoms with Crippen LogP contribution in [0.25, 0.3) is 22.3 Å². The third kappa shape index (κ3) is 4.37. The van der Waals surface area contributed by atoms with Crippen molar-refractivity contribution >= 4 is 34.4 Å². The van der Waals surface area contributed by atoms with Crippen LogP contribution in [0.15, 0.2) is 60.8 Å². The van der Waals surface area contributed by atoms with Crippen LogP contribution in [0.4, 0.5) is 4.39 Å². The third-order valence-electron chi connectivity index (χ3n) is 6.22. The molecule has 1 saturated heterocycles. The first-order valence-corrected chi connectivity index (χ1v) is 11.8. The fraction of sp³-hybridized carbons (Fsp3) is 0.231. The molecule has 3 heterocycles. The van der Waals surface area contributed by atoms with E-state index in [4.69, 9.17) is 16.6 Å². The molecule has 5 rings (SSSR count). The number of amides is 2. The summed E-state index contributed by atoms with van der Waals surface area (Å²) in [6.45, 7) is 4.06. The van der Waals surface area contributed by atoms with Gasteiger partial charge in [0.05, 0.1) is 33.4 Å². The fourth-order valence-corrected chi connectivity index (χ4v) is 4.58. The van der Waals surface area contributed by atoms with E-state index in [1.165, 1.54) is 12.1 Å². The highest BCUT2D eigenvalue weighted by Gasteiger charge is 2.28. The summed E-state index contributed by atoms with van der Waals surface area (Å²) in [5.41, 5.74) is 3.07. The number of halogens is 2. The van der Waals surface area contributed by atoms with E-state index in [-0.39, 0.29) is 22.4 Å². The average molecular weight is 492 g/mol. The van der Waals surface area contributed by atoms with Crippen molar-refractivity contribution in [2.24, 2.45) is 0 Å². The van der Waals surface area contributed by atoms with Gasteiger partial charge in [-0.15, -0.1) is 0 Å². The Kier molecular flexibility index (Phi) is 6.21. The van der Waals surface area contributed by atoms with Crippen LogP contribution in [0.2, 0.25) is 5.02 Å². The second kappa shape index (κ2) is 9.46. The maximum absolute atomic E-state index is 13.6. The monoisotopic (exact) mass is 491 g/mol. The van der Waals surface area contributed by atoms with Gasteiger partial charge in [-0.25, -0.2) is 14.1 Å². The zero-order valence-electron chi connectivity index (χ0n) is 19.1. The number of aryl methyl sites for hydroxylation is 1. The quantitative estimate of drug-likeness (QED) is 0.421. The first kappa shape index (κ1) is 23.0. The molecule has 0 saturated carbocycles. The van der Waals surface area contributed by atoms with Gasteiger partial charge in [0.15, 0.2) is 5.65 Å². The molecule has 2 amide bonds. The van der Waals surface area contributed by atoms with Gasteiger partial charge in [0, 0.05) is 38.3 Å². The van der Waals surface area contributed by atoms with Gasteiger partial charge in [-0.05, 0) is 31.2 Å². The molecular weight excluding hydrogens is 469 g/mol. The van der Waals surface area contributed by atoms with Crippen molar-refractivity contribution in [1.82, 2.24) is 24.6 Å². The van der Waals surface area contributed by atoms with Gasteiger partial charge in [-0.3, -0.25) is 9.59 Å². The summed E-state index contributed by atoms with van der Waals surface area (Å²) in [7, 11) is 0. The van der Waals surface area contributed by atoms with E-state index in [1.54, 1.807) is 20.7 Å². The minimum Gasteiger partial charge on any atom is -0.335 e. The van der Waals surface area contributed by atoms with E-state index < -0.39 is 5.82 Å². The lowest BCUT2D eigenvalue weighted by atomic mass is 10.1. The Bertz CT molecular complexity index is 1410. The minimum atomic E-state index is -0.494. The molecule has 2 aromatic heterocycles. The van der Waals surface area contributed by atoms with E-state index in [0.717, 1.165) is 11.6 Å². The van der Waals surface area contributed by atoms with E-state index in [0.29, 0.717) is 55.0 Å². The summed E-state index contributed by atoms with van der Waals surface area (Å²) in [4.78, 5) is 34.7. The van der Waals surface area contributed by atoms with E-state index in [9.17, 15) is 14.0 Å². The Labute approximate surface area is 206 Å². The Hall–Kier alpha value is -3.78. The first-order chi connectivity index (χ1) is 17.0. The zero-order chi connectivity index (χ0) is 24.5. The topological polar surface area (TPSA) is 71.3 Å². The summed E-state index contributed by atoms with van der Waals surface area (Å²) in [6.07, 6.45) is 1.68. The molecule has 0 aliphatic carbocycles. The molecule has 0 bridgehead atoms. The predicted octanol–water partition coefficient (Wildman–Crippen LogP) is 4.51. The normalized spacial score (nSPS) is 13.9. The third-order valence-corrected chi connectivity index (χ3v) is 6.54. The van der Waals surface area contributed by atoms with E-state index in [1.807, 2.05) is 43.3 Å². The Morgan fingerprint density at radius 2 is 1.60 bits per heavy atom. The van der Waals surface area contributed by atoms with Crippen LogP contribution in [-0.2, 0) is 6.54 Å². The van der Waals surface area contributed by atoms with Gasteiger partial charge in [-0.2, -0.15) is 5.10 Å². The van der Waals surface area contributed by atoms with Gasteiger partial charge in [0.2, 0.25) is 0 Å². The number of aromatic nitrogens is 3. The number of hydrogen-bond acceptors (Lipinski definition) is 4. The van der Waals surface area contributed by atoms with Crippen LogP contribution in [0.1, 0.15) is 27.6 Å². The molecule has 1 aliphatic heterocycles. The molecule has 7 nitrogen and oxygen atoms in total. The lowest BCUT2D eigenvalue weighted by Gasteiger charge is -2.35. The largest absolute Gasteiger partial charge is 0.335 e. The molecule has 178 valence electrons. The van der Waals surface area contributed by atoms with Crippen LogP contribution in [0.5, 0.6) is 0 Å². The van der Waals surface area contributed by atoms with Gasteiger partial charge in [0.25, 0.3) is 11.8 Å². The molecule has 4 aromatic rings. The molecule has 9 heteroatoms. The molecule has 0 spiro atoms. The minimum absolute atomic E-state index is 0.0778. The Balaban J connectivity index is 1.40. The predicted molar refractivity (Wildman–Crippen MR) is 132 cm³/mol. The zero-order valence-corrected chi connectivity index (χ0v) is 19.9. The highest BCUT2D eigenvalue weighted by molar-refractivity contribution is 6.33. The lowest BCUT2D eigenvalue weighted by molar-refractivity contribution is 0.0536. The fourth-order valence-electron chi connectivity index (χ4n) is 4.33. The molecule has 35 heavy (non-hydrogen) atoms. The van der Waals surface area contributed by atoms with E-state index >= 15 is 0 Å². The molecular formula is C26H23ClFN5O2. The molecule has 0 N–H and O–H groups in total. The van der Waals surface area contributed by atoms with E-state index in [2.05, 4.69) is 5.10 Å². The van der Waals surface area contributed by atoms with Crippen LogP contribution in [0.3, 0.4) is 0 Å².